The van der Waals surface area contributed by atoms with Crippen molar-refractivity contribution in [3.63, 3.8) is 0 Å². The molecule has 0 fully saturated rings. The van der Waals surface area contributed by atoms with Gasteiger partial charge in [0.1, 0.15) is 12.4 Å². The fraction of sp³-hybridized carbons (Fsp3) is 0.222. The molecule has 23 heavy (non-hydrogen) atoms. The minimum atomic E-state index is -3.59. The van der Waals surface area contributed by atoms with Gasteiger partial charge in [-0.05, 0) is 48.4 Å². The first kappa shape index (κ1) is 16.9. The molecule has 0 atom stereocenters. The summed E-state index contributed by atoms with van der Waals surface area (Å²) in [5, 5.41) is 0. The number of rotatable bonds is 6. The van der Waals surface area contributed by atoms with Crippen molar-refractivity contribution in [2.24, 2.45) is 0 Å². The number of nitrogens with zero attached hydrogens (tertiary/aromatic N) is 1. The lowest BCUT2D eigenvalue weighted by Gasteiger charge is -2.20. The van der Waals surface area contributed by atoms with Gasteiger partial charge < -0.3 is 4.74 Å². The van der Waals surface area contributed by atoms with Crippen molar-refractivity contribution in [1.82, 2.24) is 0 Å². The summed E-state index contributed by atoms with van der Waals surface area (Å²) in [4.78, 5) is 0.268. The Bertz CT molecular complexity index is 788. The molecule has 4 nitrogen and oxygen atoms in total. The van der Waals surface area contributed by atoms with Crippen molar-refractivity contribution in [3.8, 4) is 18.1 Å². The molecule has 0 saturated heterocycles. The van der Waals surface area contributed by atoms with Gasteiger partial charge >= 0.3 is 0 Å². The minimum absolute atomic E-state index is 0.178. The normalized spacial score (nSPS) is 10.8. The average molecular weight is 329 g/mol. The summed E-state index contributed by atoms with van der Waals surface area (Å²) in [5.41, 5.74) is 1.65. The molecule has 0 unspecified atom stereocenters. The van der Waals surface area contributed by atoms with Gasteiger partial charge in [-0.2, -0.15) is 0 Å². The Hall–Kier alpha value is -2.45. The number of hydrogen-bond acceptors (Lipinski definition) is 3. The highest BCUT2D eigenvalue weighted by molar-refractivity contribution is 7.92. The molecule has 2 aromatic rings. The Labute approximate surface area is 137 Å². The second-order valence-corrected chi connectivity index (χ2v) is 6.93. The highest BCUT2D eigenvalue weighted by atomic mass is 32.2. The Kier molecular flexibility index (Phi) is 5.30. The second kappa shape index (κ2) is 7.21. The maximum absolute atomic E-state index is 12.7. The van der Waals surface area contributed by atoms with E-state index in [2.05, 4.69) is 5.92 Å². The molecule has 0 amide bonds. The van der Waals surface area contributed by atoms with Crippen LogP contribution in [0.5, 0.6) is 5.75 Å². The molecule has 0 aromatic heterocycles. The van der Waals surface area contributed by atoms with Crippen LogP contribution in [0.15, 0.2) is 53.4 Å². The van der Waals surface area contributed by atoms with Crippen molar-refractivity contribution in [2.75, 3.05) is 18.0 Å². The fourth-order valence-electron chi connectivity index (χ4n) is 2.07. The standard InChI is InChI=1S/C18H19NO3S/c1-4-14-22-17-10-8-16(9-11-17)19(3)23(20,21)18-12-6-15(5-2)7-13-18/h1,6-13H,5,14H2,2-3H3. The van der Waals surface area contributed by atoms with E-state index in [1.165, 1.54) is 11.4 Å². The Morgan fingerprint density at radius 1 is 1.09 bits per heavy atom. The average Bonchev–Trinajstić information content (AvgIpc) is 2.59. The zero-order valence-corrected chi connectivity index (χ0v) is 14.0. The van der Waals surface area contributed by atoms with E-state index in [9.17, 15) is 8.42 Å². The van der Waals surface area contributed by atoms with E-state index < -0.39 is 10.0 Å². The van der Waals surface area contributed by atoms with Crippen LogP contribution in [0.3, 0.4) is 0 Å². The van der Waals surface area contributed by atoms with Gasteiger partial charge in [0.05, 0.1) is 10.6 Å². The van der Waals surface area contributed by atoms with E-state index in [1.807, 2.05) is 19.1 Å². The van der Waals surface area contributed by atoms with Crippen molar-refractivity contribution in [2.45, 2.75) is 18.2 Å². The van der Waals surface area contributed by atoms with Crippen molar-refractivity contribution in [1.29, 1.82) is 0 Å². The molecule has 0 aliphatic heterocycles. The zero-order valence-electron chi connectivity index (χ0n) is 13.2. The Morgan fingerprint density at radius 3 is 2.22 bits per heavy atom. The molecule has 0 bridgehead atoms. The summed E-state index contributed by atoms with van der Waals surface area (Å²) < 4.78 is 31.8. The van der Waals surface area contributed by atoms with E-state index in [-0.39, 0.29) is 11.5 Å². The van der Waals surface area contributed by atoms with Gasteiger partial charge in [0.25, 0.3) is 10.0 Å². The van der Waals surface area contributed by atoms with Gasteiger partial charge in [-0.15, -0.1) is 6.42 Å². The number of benzene rings is 2. The van der Waals surface area contributed by atoms with E-state index in [0.29, 0.717) is 11.4 Å². The van der Waals surface area contributed by atoms with Crippen LogP contribution in [-0.4, -0.2) is 22.1 Å². The van der Waals surface area contributed by atoms with Crippen LogP contribution in [0.1, 0.15) is 12.5 Å². The number of anilines is 1. The third kappa shape index (κ3) is 3.85. The third-order valence-electron chi connectivity index (χ3n) is 3.51. The van der Waals surface area contributed by atoms with Crippen LogP contribution in [0.2, 0.25) is 0 Å². The van der Waals surface area contributed by atoms with Gasteiger partial charge in [-0.25, -0.2) is 8.42 Å². The first-order valence-corrected chi connectivity index (χ1v) is 8.67. The summed E-state index contributed by atoms with van der Waals surface area (Å²) >= 11 is 0. The lowest BCUT2D eigenvalue weighted by Crippen LogP contribution is -2.26. The van der Waals surface area contributed by atoms with Crippen molar-refractivity contribution in [3.05, 3.63) is 54.1 Å². The number of sulfonamides is 1. The monoisotopic (exact) mass is 329 g/mol. The molecule has 0 aliphatic rings. The van der Waals surface area contributed by atoms with Gasteiger partial charge in [0.15, 0.2) is 0 Å². The van der Waals surface area contributed by atoms with E-state index in [4.69, 9.17) is 11.2 Å². The Morgan fingerprint density at radius 2 is 1.70 bits per heavy atom. The maximum atomic E-state index is 12.7. The Balaban J connectivity index is 2.23. The highest BCUT2D eigenvalue weighted by Gasteiger charge is 2.21. The number of ether oxygens (including phenoxy) is 1. The topological polar surface area (TPSA) is 46.6 Å². The predicted octanol–water partition coefficient (Wildman–Crippen LogP) is 3.09. The lowest BCUT2D eigenvalue weighted by atomic mass is 10.2. The summed E-state index contributed by atoms with van der Waals surface area (Å²) in [6.07, 6.45) is 6.00. The van der Waals surface area contributed by atoms with Crippen molar-refractivity contribution < 1.29 is 13.2 Å². The van der Waals surface area contributed by atoms with Crippen molar-refractivity contribution >= 4 is 15.7 Å². The van der Waals surface area contributed by atoms with Gasteiger partial charge in [-0.1, -0.05) is 25.0 Å². The smallest absolute Gasteiger partial charge is 0.264 e. The fourth-order valence-corrected chi connectivity index (χ4v) is 3.27. The molecule has 5 heteroatoms. The summed E-state index contributed by atoms with van der Waals surface area (Å²) in [7, 11) is -2.06. The molecular formula is C18H19NO3S. The minimum Gasteiger partial charge on any atom is -0.481 e. The first-order valence-electron chi connectivity index (χ1n) is 7.23. The molecule has 0 spiro atoms. The van der Waals surface area contributed by atoms with E-state index in [1.54, 1.807) is 36.4 Å². The zero-order chi connectivity index (χ0) is 16.9. The summed E-state index contributed by atoms with van der Waals surface area (Å²) in [5.74, 6) is 2.98. The van der Waals surface area contributed by atoms with Gasteiger partial charge in [0.2, 0.25) is 0 Å². The third-order valence-corrected chi connectivity index (χ3v) is 5.31. The molecule has 2 rings (SSSR count). The van der Waals surface area contributed by atoms with E-state index in [0.717, 1.165) is 12.0 Å². The molecule has 120 valence electrons. The van der Waals surface area contributed by atoms with Gasteiger partial charge in [0, 0.05) is 7.05 Å². The highest BCUT2D eigenvalue weighted by Crippen LogP contribution is 2.24. The van der Waals surface area contributed by atoms with Crippen LogP contribution in [0.25, 0.3) is 0 Å². The molecule has 2 aromatic carbocycles. The molecule has 0 heterocycles. The molecular weight excluding hydrogens is 310 g/mol. The molecule has 0 N–H and O–H groups in total. The van der Waals surface area contributed by atoms with Crippen LogP contribution < -0.4 is 9.04 Å². The van der Waals surface area contributed by atoms with Crippen LogP contribution in [0, 0.1) is 12.3 Å². The number of terminal acetylenes is 1. The first-order chi connectivity index (χ1) is 11.0. The lowest BCUT2D eigenvalue weighted by molar-refractivity contribution is 0.370. The van der Waals surface area contributed by atoms with E-state index >= 15 is 0 Å². The molecule has 0 saturated carbocycles. The molecule has 0 radical (unpaired) electrons. The maximum Gasteiger partial charge on any atom is 0.264 e. The SMILES string of the molecule is C#CCOc1ccc(N(C)S(=O)(=O)c2ccc(CC)cc2)cc1. The number of aryl methyl sites for hydroxylation is 1. The largest absolute Gasteiger partial charge is 0.481 e. The molecule has 0 aliphatic carbocycles. The summed E-state index contributed by atoms with van der Waals surface area (Å²) in [6, 6.07) is 13.7. The second-order valence-electron chi connectivity index (χ2n) is 4.96. The predicted molar refractivity (Wildman–Crippen MR) is 92.2 cm³/mol. The summed E-state index contributed by atoms with van der Waals surface area (Å²) in [6.45, 7) is 2.21. The van der Waals surface area contributed by atoms with Crippen LogP contribution in [0.4, 0.5) is 5.69 Å². The van der Waals surface area contributed by atoms with Gasteiger partial charge in [-0.3, -0.25) is 4.31 Å². The number of hydrogen-bond donors (Lipinski definition) is 0. The van der Waals surface area contributed by atoms with Crippen LogP contribution >= 0.6 is 0 Å². The van der Waals surface area contributed by atoms with Crippen LogP contribution in [-0.2, 0) is 16.4 Å². The quantitative estimate of drug-likeness (QED) is 0.765.